The maximum atomic E-state index is 11.3. The molecule has 0 aromatic heterocycles. The van der Waals surface area contributed by atoms with E-state index in [0.717, 1.165) is 0 Å². The standard InChI is InChI=1S/C10H15NO5/c1-10(2,3)16-9(14)15-8(13)7-4-6(12)5-11-7/h7,11H,4-5H2,1-3H3. The molecule has 1 aliphatic heterocycles. The monoisotopic (exact) mass is 229 g/mol. The van der Waals surface area contributed by atoms with Crippen LogP contribution in [-0.2, 0) is 19.1 Å². The molecule has 16 heavy (non-hydrogen) atoms. The zero-order chi connectivity index (χ0) is 12.3. The first-order valence-electron chi connectivity index (χ1n) is 4.98. The SMILES string of the molecule is CC(C)(C)OC(=O)OC(=O)C1CC(=O)CN1. The molecule has 1 saturated heterocycles. The second-order valence-corrected chi connectivity index (χ2v) is 4.56. The Kier molecular flexibility index (Phi) is 3.64. The lowest BCUT2D eigenvalue weighted by molar-refractivity contribution is -0.143. The van der Waals surface area contributed by atoms with Crippen LogP contribution < -0.4 is 5.32 Å². The first-order chi connectivity index (χ1) is 7.28. The maximum Gasteiger partial charge on any atom is 0.516 e. The van der Waals surface area contributed by atoms with E-state index in [0.29, 0.717) is 0 Å². The third-order valence-corrected chi connectivity index (χ3v) is 1.84. The Bertz CT molecular complexity index is 318. The van der Waals surface area contributed by atoms with Gasteiger partial charge in [-0.05, 0) is 20.8 Å². The highest BCUT2D eigenvalue weighted by Crippen LogP contribution is 2.10. The van der Waals surface area contributed by atoms with Crippen LogP contribution in [0.4, 0.5) is 4.79 Å². The fourth-order valence-corrected chi connectivity index (χ4v) is 1.20. The zero-order valence-electron chi connectivity index (χ0n) is 9.53. The van der Waals surface area contributed by atoms with Gasteiger partial charge in [-0.3, -0.25) is 10.1 Å². The van der Waals surface area contributed by atoms with Gasteiger partial charge in [0.05, 0.1) is 6.54 Å². The van der Waals surface area contributed by atoms with Gasteiger partial charge in [-0.25, -0.2) is 9.59 Å². The van der Waals surface area contributed by atoms with E-state index in [1.807, 2.05) is 0 Å². The Hall–Kier alpha value is -1.43. The quantitative estimate of drug-likeness (QED) is 0.517. The molecule has 0 aromatic rings. The Balaban J connectivity index is 2.40. The molecule has 0 saturated carbocycles. The molecule has 90 valence electrons. The summed E-state index contributed by atoms with van der Waals surface area (Å²) in [6.45, 7) is 5.12. The lowest BCUT2D eigenvalue weighted by Crippen LogP contribution is -2.35. The van der Waals surface area contributed by atoms with Crippen molar-refractivity contribution in [3.05, 3.63) is 0 Å². The summed E-state index contributed by atoms with van der Waals surface area (Å²) < 4.78 is 9.24. The summed E-state index contributed by atoms with van der Waals surface area (Å²) in [5.41, 5.74) is -0.712. The van der Waals surface area contributed by atoms with E-state index >= 15 is 0 Å². The molecular weight excluding hydrogens is 214 g/mol. The Morgan fingerprint density at radius 3 is 2.44 bits per heavy atom. The maximum absolute atomic E-state index is 11.3. The molecule has 1 unspecified atom stereocenters. The number of Topliss-reactive ketones (excluding diaryl/α,β-unsaturated/α-hetero) is 1. The average molecular weight is 229 g/mol. The number of ether oxygens (including phenoxy) is 2. The van der Waals surface area contributed by atoms with E-state index < -0.39 is 23.8 Å². The topological polar surface area (TPSA) is 81.7 Å². The summed E-state index contributed by atoms with van der Waals surface area (Å²) in [4.78, 5) is 33.4. The molecule has 0 aromatic carbocycles. The van der Waals surface area contributed by atoms with Crippen molar-refractivity contribution in [2.45, 2.75) is 38.8 Å². The largest absolute Gasteiger partial charge is 0.516 e. The molecular formula is C10H15NO5. The second-order valence-electron chi connectivity index (χ2n) is 4.56. The summed E-state index contributed by atoms with van der Waals surface area (Å²) >= 11 is 0. The lowest BCUT2D eigenvalue weighted by Gasteiger charge is -2.18. The minimum atomic E-state index is -1.04. The highest BCUT2D eigenvalue weighted by Gasteiger charge is 2.31. The molecule has 1 heterocycles. The molecule has 6 heteroatoms. The van der Waals surface area contributed by atoms with Crippen LogP contribution in [-0.4, -0.2) is 36.1 Å². The Morgan fingerprint density at radius 1 is 1.38 bits per heavy atom. The van der Waals surface area contributed by atoms with Crippen molar-refractivity contribution in [3.63, 3.8) is 0 Å². The number of carbonyl (C=O) groups excluding carboxylic acids is 3. The summed E-state index contributed by atoms with van der Waals surface area (Å²) in [5.74, 6) is -0.855. The van der Waals surface area contributed by atoms with Gasteiger partial charge in [0, 0.05) is 6.42 Å². The number of rotatable bonds is 1. The van der Waals surface area contributed by atoms with Crippen LogP contribution in [0.5, 0.6) is 0 Å². The molecule has 0 bridgehead atoms. The van der Waals surface area contributed by atoms with Crippen molar-refractivity contribution in [1.29, 1.82) is 0 Å². The van der Waals surface area contributed by atoms with E-state index in [2.05, 4.69) is 10.1 Å². The molecule has 1 fully saturated rings. The van der Waals surface area contributed by atoms with Crippen molar-refractivity contribution < 1.29 is 23.9 Å². The number of carbonyl (C=O) groups is 3. The van der Waals surface area contributed by atoms with Gasteiger partial charge in [0.15, 0.2) is 0 Å². The molecule has 1 rings (SSSR count). The van der Waals surface area contributed by atoms with Crippen molar-refractivity contribution in [3.8, 4) is 0 Å². The minimum Gasteiger partial charge on any atom is -0.428 e. The molecule has 0 radical (unpaired) electrons. The van der Waals surface area contributed by atoms with E-state index in [1.165, 1.54) is 0 Å². The number of esters is 1. The molecule has 1 aliphatic rings. The Labute approximate surface area is 93.3 Å². The van der Waals surface area contributed by atoms with Gasteiger partial charge >= 0.3 is 12.1 Å². The second kappa shape index (κ2) is 4.61. The van der Waals surface area contributed by atoms with E-state index in [4.69, 9.17) is 4.74 Å². The number of hydrogen-bond donors (Lipinski definition) is 1. The molecule has 1 atom stereocenters. The summed E-state index contributed by atoms with van der Waals surface area (Å²) in [7, 11) is 0. The summed E-state index contributed by atoms with van der Waals surface area (Å²) in [5, 5.41) is 2.64. The molecule has 1 N–H and O–H groups in total. The highest BCUT2D eigenvalue weighted by molar-refractivity contribution is 5.94. The third-order valence-electron chi connectivity index (χ3n) is 1.84. The lowest BCUT2D eigenvalue weighted by atomic mass is 10.2. The highest BCUT2D eigenvalue weighted by atomic mass is 16.7. The summed E-state index contributed by atoms with van der Waals surface area (Å²) in [6, 6.07) is -0.736. The predicted octanol–water partition coefficient (Wildman–Crippen LogP) is 0.396. The smallest absolute Gasteiger partial charge is 0.428 e. The van der Waals surface area contributed by atoms with Gasteiger partial charge in [0.1, 0.15) is 17.4 Å². The Morgan fingerprint density at radius 2 is 2.00 bits per heavy atom. The summed E-state index contributed by atoms with van der Waals surface area (Å²) in [6.07, 6.45) is -0.986. The first kappa shape index (κ1) is 12.6. The normalized spacial score (nSPS) is 20.7. The molecule has 0 amide bonds. The molecule has 0 spiro atoms. The first-order valence-corrected chi connectivity index (χ1v) is 4.98. The fraction of sp³-hybridized carbons (Fsp3) is 0.700. The number of ketones is 1. The van der Waals surface area contributed by atoms with Crippen LogP contribution in [0.3, 0.4) is 0 Å². The van der Waals surface area contributed by atoms with Gasteiger partial charge < -0.3 is 9.47 Å². The molecule has 6 nitrogen and oxygen atoms in total. The average Bonchev–Trinajstić information content (AvgIpc) is 2.47. The van der Waals surface area contributed by atoms with Gasteiger partial charge in [-0.1, -0.05) is 0 Å². The van der Waals surface area contributed by atoms with Crippen LogP contribution in [0.15, 0.2) is 0 Å². The fourth-order valence-electron chi connectivity index (χ4n) is 1.20. The van der Waals surface area contributed by atoms with Gasteiger partial charge in [-0.15, -0.1) is 0 Å². The van der Waals surface area contributed by atoms with Crippen molar-refractivity contribution in [2.24, 2.45) is 0 Å². The molecule has 0 aliphatic carbocycles. The predicted molar refractivity (Wildman–Crippen MR) is 53.7 cm³/mol. The number of nitrogens with one attached hydrogen (secondary N) is 1. The van der Waals surface area contributed by atoms with Crippen LogP contribution >= 0.6 is 0 Å². The van der Waals surface area contributed by atoms with Crippen LogP contribution in [0.25, 0.3) is 0 Å². The van der Waals surface area contributed by atoms with Crippen LogP contribution in [0.2, 0.25) is 0 Å². The van der Waals surface area contributed by atoms with Crippen molar-refractivity contribution >= 4 is 17.9 Å². The van der Waals surface area contributed by atoms with E-state index in [9.17, 15) is 14.4 Å². The minimum absolute atomic E-state index is 0.0572. The van der Waals surface area contributed by atoms with E-state index in [1.54, 1.807) is 20.8 Å². The van der Waals surface area contributed by atoms with Crippen LogP contribution in [0, 0.1) is 0 Å². The number of hydrogen-bond acceptors (Lipinski definition) is 6. The van der Waals surface area contributed by atoms with Crippen molar-refractivity contribution in [1.82, 2.24) is 5.32 Å². The van der Waals surface area contributed by atoms with Gasteiger partial charge in [-0.2, -0.15) is 0 Å². The van der Waals surface area contributed by atoms with Gasteiger partial charge in [0.2, 0.25) is 0 Å². The van der Waals surface area contributed by atoms with Crippen LogP contribution in [0.1, 0.15) is 27.2 Å². The van der Waals surface area contributed by atoms with Gasteiger partial charge in [0.25, 0.3) is 0 Å². The van der Waals surface area contributed by atoms with E-state index in [-0.39, 0.29) is 18.7 Å². The zero-order valence-corrected chi connectivity index (χ0v) is 9.53. The third kappa shape index (κ3) is 3.98. The van der Waals surface area contributed by atoms with Crippen molar-refractivity contribution in [2.75, 3.05) is 6.54 Å².